The number of carbonyl (C=O) groups excluding carboxylic acids is 1. The first-order valence-electron chi connectivity index (χ1n) is 7.59. The molecule has 1 fully saturated rings. The zero-order valence-electron chi connectivity index (χ0n) is 13.6. The Morgan fingerprint density at radius 1 is 1.52 bits per heavy atom. The predicted molar refractivity (Wildman–Crippen MR) is 82.6 cm³/mol. The lowest BCUT2D eigenvalue weighted by molar-refractivity contribution is -0.910. The molecule has 0 bridgehead atoms. The number of nitrogens with one attached hydrogen (secondary N) is 1. The number of carboxylic acid groups (broad SMARTS) is 1. The molecular formula is C15H22N4O4. The standard InChI is InChI=1S/C15H22N4O4/c1-15(2,3)19(14(20)21)8-6-11(10-19)9-17-12-5-4-7-16-13(12)18(22)23/h4-5,7,11,17H,6,8-10H2,1-3H3/t11-,19?/m0/s1. The van der Waals surface area contributed by atoms with Crippen molar-refractivity contribution in [2.75, 3.05) is 25.0 Å². The molecule has 0 saturated carbocycles. The summed E-state index contributed by atoms with van der Waals surface area (Å²) in [6.07, 6.45) is 1.04. The second-order valence-electron chi connectivity index (χ2n) is 6.98. The first-order chi connectivity index (χ1) is 10.7. The molecule has 8 heteroatoms. The van der Waals surface area contributed by atoms with Gasteiger partial charge in [-0.05, 0) is 42.8 Å². The van der Waals surface area contributed by atoms with Crippen LogP contribution in [0.1, 0.15) is 27.2 Å². The number of pyridine rings is 1. The predicted octanol–water partition coefficient (Wildman–Crippen LogP) is 1.38. The molecule has 2 rings (SSSR count). The van der Waals surface area contributed by atoms with Crippen molar-refractivity contribution in [2.45, 2.75) is 32.7 Å². The van der Waals surface area contributed by atoms with E-state index in [1.54, 1.807) is 12.1 Å². The number of likely N-dealkylation sites (tertiary alicyclic amines) is 1. The van der Waals surface area contributed by atoms with Crippen LogP contribution in [0.4, 0.5) is 16.3 Å². The highest BCUT2D eigenvalue weighted by molar-refractivity contribution is 5.57. The van der Waals surface area contributed by atoms with Crippen molar-refractivity contribution in [1.29, 1.82) is 0 Å². The van der Waals surface area contributed by atoms with Gasteiger partial charge in [0, 0.05) is 18.9 Å². The van der Waals surface area contributed by atoms with Crippen LogP contribution in [0.3, 0.4) is 0 Å². The average molecular weight is 322 g/mol. The molecule has 8 nitrogen and oxygen atoms in total. The van der Waals surface area contributed by atoms with Gasteiger partial charge < -0.3 is 25.3 Å². The van der Waals surface area contributed by atoms with Crippen molar-refractivity contribution < 1.29 is 19.3 Å². The summed E-state index contributed by atoms with van der Waals surface area (Å²) >= 11 is 0. The van der Waals surface area contributed by atoms with Crippen molar-refractivity contribution in [2.24, 2.45) is 5.92 Å². The van der Waals surface area contributed by atoms with Gasteiger partial charge in [-0.25, -0.2) is 0 Å². The highest BCUT2D eigenvalue weighted by Crippen LogP contribution is 2.34. The van der Waals surface area contributed by atoms with Gasteiger partial charge in [0.15, 0.2) is 0 Å². The van der Waals surface area contributed by atoms with E-state index in [0.29, 0.717) is 25.3 Å². The topological polar surface area (TPSA) is 108 Å². The van der Waals surface area contributed by atoms with Gasteiger partial charge in [-0.15, -0.1) is 0 Å². The molecule has 1 saturated heterocycles. The molecule has 2 atom stereocenters. The highest BCUT2D eigenvalue weighted by atomic mass is 16.6. The minimum Gasteiger partial charge on any atom is -0.498 e. The minimum absolute atomic E-state index is 0.0888. The number of aromatic nitrogens is 1. The summed E-state index contributed by atoms with van der Waals surface area (Å²) in [5, 5.41) is 25.7. The zero-order chi connectivity index (χ0) is 17.3. The van der Waals surface area contributed by atoms with E-state index in [1.165, 1.54) is 6.20 Å². The maximum atomic E-state index is 11.7. The molecule has 2 heterocycles. The third-order valence-electron chi connectivity index (χ3n) is 4.66. The van der Waals surface area contributed by atoms with Crippen LogP contribution >= 0.6 is 0 Å². The van der Waals surface area contributed by atoms with Crippen molar-refractivity contribution in [1.82, 2.24) is 4.98 Å². The molecule has 1 N–H and O–H groups in total. The van der Waals surface area contributed by atoms with Crippen LogP contribution < -0.4 is 10.4 Å². The minimum atomic E-state index is -1.06. The summed E-state index contributed by atoms with van der Waals surface area (Å²) in [7, 11) is 0. The Morgan fingerprint density at radius 3 is 2.74 bits per heavy atom. The molecule has 0 radical (unpaired) electrons. The number of anilines is 1. The molecule has 0 spiro atoms. The van der Waals surface area contributed by atoms with Gasteiger partial charge in [-0.1, -0.05) is 0 Å². The molecule has 126 valence electrons. The molecule has 1 unspecified atom stereocenters. The van der Waals surface area contributed by atoms with E-state index in [2.05, 4.69) is 10.3 Å². The van der Waals surface area contributed by atoms with Crippen molar-refractivity contribution in [3.63, 3.8) is 0 Å². The van der Waals surface area contributed by atoms with Crippen LogP contribution in [0.25, 0.3) is 0 Å². The molecule has 0 aromatic carbocycles. The van der Waals surface area contributed by atoms with E-state index in [0.717, 1.165) is 6.42 Å². The van der Waals surface area contributed by atoms with E-state index < -0.39 is 16.6 Å². The zero-order valence-corrected chi connectivity index (χ0v) is 13.6. The Morgan fingerprint density at radius 2 is 2.22 bits per heavy atom. The molecule has 1 aromatic heterocycles. The molecule has 1 amide bonds. The molecule has 1 aromatic rings. The third-order valence-corrected chi connectivity index (χ3v) is 4.66. The maximum absolute atomic E-state index is 11.7. The number of quaternary nitrogens is 1. The second kappa shape index (κ2) is 6.11. The number of nitro groups is 1. The van der Waals surface area contributed by atoms with Crippen LogP contribution in [0.15, 0.2) is 18.3 Å². The molecule has 1 aliphatic heterocycles. The lowest BCUT2D eigenvalue weighted by Gasteiger charge is -2.45. The van der Waals surface area contributed by atoms with Gasteiger partial charge in [0.25, 0.3) is 6.09 Å². The molecule has 0 aliphatic carbocycles. The van der Waals surface area contributed by atoms with Crippen molar-refractivity contribution >= 4 is 17.6 Å². The fourth-order valence-corrected chi connectivity index (χ4v) is 3.18. The van der Waals surface area contributed by atoms with Crippen molar-refractivity contribution in [3.05, 3.63) is 28.4 Å². The van der Waals surface area contributed by atoms with Gasteiger partial charge >= 0.3 is 5.82 Å². The first-order valence-corrected chi connectivity index (χ1v) is 7.59. The monoisotopic (exact) mass is 322 g/mol. The summed E-state index contributed by atoms with van der Waals surface area (Å²) in [5.74, 6) is -0.117. The number of rotatable bonds is 4. The van der Waals surface area contributed by atoms with E-state index in [-0.39, 0.29) is 16.2 Å². The number of carbonyl (C=O) groups is 1. The highest BCUT2D eigenvalue weighted by Gasteiger charge is 2.48. The fourth-order valence-electron chi connectivity index (χ4n) is 3.18. The second-order valence-corrected chi connectivity index (χ2v) is 6.98. The number of hydrogen-bond acceptors (Lipinski definition) is 6. The van der Waals surface area contributed by atoms with Crippen LogP contribution in [0, 0.1) is 16.0 Å². The van der Waals surface area contributed by atoms with Crippen LogP contribution in [-0.4, -0.2) is 45.7 Å². The van der Waals surface area contributed by atoms with Gasteiger partial charge in [0.1, 0.15) is 11.9 Å². The molecular weight excluding hydrogens is 300 g/mol. The number of amides is 1. The Labute approximate surface area is 134 Å². The lowest BCUT2D eigenvalue weighted by atomic mass is 10.0. The summed E-state index contributed by atoms with van der Waals surface area (Å²) in [4.78, 5) is 25.8. The Balaban J connectivity index is 2.07. The van der Waals surface area contributed by atoms with Gasteiger partial charge in [-0.3, -0.25) is 4.48 Å². The van der Waals surface area contributed by atoms with E-state index in [1.807, 2.05) is 20.8 Å². The van der Waals surface area contributed by atoms with Crippen LogP contribution in [0.2, 0.25) is 0 Å². The normalized spacial score (nSPS) is 24.4. The lowest BCUT2D eigenvalue weighted by Crippen LogP contribution is -2.66. The first kappa shape index (κ1) is 17.1. The molecule has 23 heavy (non-hydrogen) atoms. The van der Waals surface area contributed by atoms with Gasteiger partial charge in [0.2, 0.25) is 0 Å². The van der Waals surface area contributed by atoms with Crippen LogP contribution in [0.5, 0.6) is 0 Å². The Hall–Kier alpha value is -2.22. The Bertz CT molecular complexity index is 614. The fraction of sp³-hybridized carbons (Fsp3) is 0.600. The number of nitrogens with zero attached hydrogens (tertiary/aromatic N) is 3. The van der Waals surface area contributed by atoms with Gasteiger partial charge in [0.05, 0.1) is 18.6 Å². The maximum Gasteiger partial charge on any atom is 0.386 e. The summed E-state index contributed by atoms with van der Waals surface area (Å²) < 4.78 is -0.0888. The Kier molecular flexibility index (Phi) is 4.56. The average Bonchev–Trinajstić information content (AvgIpc) is 2.90. The molecule has 1 aliphatic rings. The SMILES string of the molecule is CC(C)(C)[N+]1(C(=O)[O-])CC[C@@H](CNc2cccnc2[N+](=O)[O-])C1. The quantitative estimate of drug-likeness (QED) is 0.509. The van der Waals surface area contributed by atoms with Gasteiger partial charge in [-0.2, -0.15) is 0 Å². The summed E-state index contributed by atoms with van der Waals surface area (Å²) in [6.45, 7) is 7.11. The smallest absolute Gasteiger partial charge is 0.386 e. The van der Waals surface area contributed by atoms with E-state index >= 15 is 0 Å². The third kappa shape index (κ3) is 3.26. The van der Waals surface area contributed by atoms with E-state index in [4.69, 9.17) is 0 Å². The number of hydrogen-bond donors (Lipinski definition) is 1. The van der Waals surface area contributed by atoms with Crippen LogP contribution in [-0.2, 0) is 0 Å². The van der Waals surface area contributed by atoms with E-state index in [9.17, 15) is 20.0 Å². The summed E-state index contributed by atoms with van der Waals surface area (Å²) in [5.41, 5.74) is -0.0971. The summed E-state index contributed by atoms with van der Waals surface area (Å²) in [6, 6.07) is 3.23. The largest absolute Gasteiger partial charge is 0.498 e. The van der Waals surface area contributed by atoms with Crippen molar-refractivity contribution in [3.8, 4) is 0 Å².